The van der Waals surface area contributed by atoms with Crippen LogP contribution in [0.1, 0.15) is 24.8 Å². The lowest BCUT2D eigenvalue weighted by Gasteiger charge is -2.18. The van der Waals surface area contributed by atoms with E-state index >= 15 is 0 Å². The molecule has 3 nitrogen and oxygen atoms in total. The maximum absolute atomic E-state index is 11.7. The number of rotatable bonds is 3. The first-order valence-electron chi connectivity index (χ1n) is 5.78. The van der Waals surface area contributed by atoms with Crippen molar-refractivity contribution in [1.82, 2.24) is 5.32 Å². The predicted octanol–water partition coefficient (Wildman–Crippen LogP) is 1.70. The minimum atomic E-state index is -0.178. The molecule has 3 heteroatoms. The number of hydrogen-bond acceptors (Lipinski definition) is 3. The standard InChI is InChI=1S/C13H17NO2/c1-2-16-13(15)12-11(8-9-14-12)10-6-4-3-5-7-10/h3-7,11-12,14H,2,8-9H2,1H3/t11?,12-/m0/s1. The second-order valence-electron chi connectivity index (χ2n) is 3.99. The molecule has 1 aromatic carbocycles. The monoisotopic (exact) mass is 219 g/mol. The fourth-order valence-electron chi connectivity index (χ4n) is 2.24. The van der Waals surface area contributed by atoms with Crippen LogP contribution in [-0.2, 0) is 9.53 Å². The van der Waals surface area contributed by atoms with Crippen LogP contribution < -0.4 is 5.32 Å². The molecule has 1 heterocycles. The maximum atomic E-state index is 11.7. The molecule has 1 aliphatic heterocycles. The summed E-state index contributed by atoms with van der Waals surface area (Å²) in [6.45, 7) is 3.16. The summed E-state index contributed by atoms with van der Waals surface area (Å²) >= 11 is 0. The predicted molar refractivity (Wildman–Crippen MR) is 62.2 cm³/mol. The van der Waals surface area contributed by atoms with Gasteiger partial charge in [-0.1, -0.05) is 30.3 Å². The summed E-state index contributed by atoms with van der Waals surface area (Å²) in [4.78, 5) is 11.7. The quantitative estimate of drug-likeness (QED) is 0.786. The Morgan fingerprint density at radius 1 is 1.44 bits per heavy atom. The Bertz CT molecular complexity index is 350. The molecule has 1 unspecified atom stereocenters. The minimum absolute atomic E-state index is 0.131. The zero-order chi connectivity index (χ0) is 11.4. The van der Waals surface area contributed by atoms with Crippen molar-refractivity contribution in [2.45, 2.75) is 25.3 Å². The summed E-state index contributed by atoms with van der Waals surface area (Å²) < 4.78 is 5.08. The highest BCUT2D eigenvalue weighted by Gasteiger charge is 2.34. The second kappa shape index (κ2) is 5.12. The third kappa shape index (κ3) is 2.25. The van der Waals surface area contributed by atoms with Crippen LogP contribution in [0.5, 0.6) is 0 Å². The zero-order valence-corrected chi connectivity index (χ0v) is 9.48. The van der Waals surface area contributed by atoms with Gasteiger partial charge in [0, 0.05) is 5.92 Å². The molecular formula is C13H17NO2. The fourth-order valence-corrected chi connectivity index (χ4v) is 2.24. The van der Waals surface area contributed by atoms with Gasteiger partial charge in [-0.3, -0.25) is 4.79 Å². The van der Waals surface area contributed by atoms with Crippen molar-refractivity contribution in [3.63, 3.8) is 0 Å². The molecule has 1 aromatic rings. The van der Waals surface area contributed by atoms with E-state index in [2.05, 4.69) is 17.4 Å². The summed E-state index contributed by atoms with van der Waals surface area (Å²) in [6.07, 6.45) is 0.994. The van der Waals surface area contributed by atoms with Crippen molar-refractivity contribution >= 4 is 5.97 Å². The maximum Gasteiger partial charge on any atom is 0.323 e. The molecule has 1 aliphatic rings. The van der Waals surface area contributed by atoms with Gasteiger partial charge in [-0.15, -0.1) is 0 Å². The highest BCUT2D eigenvalue weighted by Crippen LogP contribution is 2.28. The molecule has 1 fully saturated rings. The number of nitrogens with one attached hydrogen (secondary N) is 1. The van der Waals surface area contributed by atoms with E-state index in [4.69, 9.17) is 4.74 Å². The largest absolute Gasteiger partial charge is 0.465 e. The average molecular weight is 219 g/mol. The van der Waals surface area contributed by atoms with E-state index in [1.807, 2.05) is 25.1 Å². The molecule has 0 spiro atoms. The van der Waals surface area contributed by atoms with Crippen LogP contribution in [0.2, 0.25) is 0 Å². The van der Waals surface area contributed by atoms with E-state index in [0.717, 1.165) is 13.0 Å². The molecule has 2 atom stereocenters. The molecule has 2 rings (SSSR count). The van der Waals surface area contributed by atoms with Crippen LogP contribution in [0, 0.1) is 0 Å². The fraction of sp³-hybridized carbons (Fsp3) is 0.462. The summed E-state index contributed by atoms with van der Waals surface area (Å²) in [6, 6.07) is 9.98. The van der Waals surface area contributed by atoms with E-state index in [1.54, 1.807) is 0 Å². The third-order valence-electron chi connectivity index (χ3n) is 2.99. The molecule has 0 radical (unpaired) electrons. The molecule has 86 valence electrons. The van der Waals surface area contributed by atoms with Crippen molar-refractivity contribution < 1.29 is 9.53 Å². The molecule has 0 bridgehead atoms. The van der Waals surface area contributed by atoms with Gasteiger partial charge in [-0.2, -0.15) is 0 Å². The van der Waals surface area contributed by atoms with Crippen molar-refractivity contribution in [3.8, 4) is 0 Å². The van der Waals surface area contributed by atoms with Gasteiger partial charge in [-0.05, 0) is 25.5 Å². The van der Waals surface area contributed by atoms with Gasteiger partial charge in [0.2, 0.25) is 0 Å². The van der Waals surface area contributed by atoms with Gasteiger partial charge in [0.05, 0.1) is 6.61 Å². The van der Waals surface area contributed by atoms with Crippen LogP contribution in [0.3, 0.4) is 0 Å². The SMILES string of the molecule is CCOC(=O)[C@H]1NCCC1c1ccccc1. The molecular weight excluding hydrogens is 202 g/mol. The Balaban J connectivity index is 2.12. The first kappa shape index (κ1) is 11.1. The van der Waals surface area contributed by atoms with E-state index in [9.17, 15) is 4.79 Å². The molecule has 16 heavy (non-hydrogen) atoms. The number of hydrogen-bond donors (Lipinski definition) is 1. The summed E-state index contributed by atoms with van der Waals surface area (Å²) in [5.74, 6) is 0.120. The molecule has 1 N–H and O–H groups in total. The Kier molecular flexibility index (Phi) is 3.57. The molecule has 0 amide bonds. The lowest BCUT2D eigenvalue weighted by Crippen LogP contribution is -2.36. The third-order valence-corrected chi connectivity index (χ3v) is 2.99. The van der Waals surface area contributed by atoms with E-state index in [-0.39, 0.29) is 17.9 Å². The number of benzene rings is 1. The van der Waals surface area contributed by atoms with Crippen LogP contribution in [-0.4, -0.2) is 25.2 Å². The first-order chi connectivity index (χ1) is 7.83. The summed E-state index contributed by atoms with van der Waals surface area (Å²) in [5, 5.41) is 3.22. The van der Waals surface area contributed by atoms with E-state index < -0.39 is 0 Å². The highest BCUT2D eigenvalue weighted by atomic mass is 16.5. The van der Waals surface area contributed by atoms with Gasteiger partial charge in [0.1, 0.15) is 6.04 Å². The minimum Gasteiger partial charge on any atom is -0.465 e. The van der Waals surface area contributed by atoms with Gasteiger partial charge in [0.25, 0.3) is 0 Å². The lowest BCUT2D eigenvalue weighted by molar-refractivity contribution is -0.145. The zero-order valence-electron chi connectivity index (χ0n) is 9.48. The molecule has 0 aromatic heterocycles. The number of esters is 1. The van der Waals surface area contributed by atoms with Gasteiger partial charge < -0.3 is 10.1 Å². The van der Waals surface area contributed by atoms with Crippen molar-refractivity contribution in [2.24, 2.45) is 0 Å². The highest BCUT2D eigenvalue weighted by molar-refractivity contribution is 5.77. The van der Waals surface area contributed by atoms with Crippen molar-refractivity contribution in [1.29, 1.82) is 0 Å². The summed E-state index contributed by atoms with van der Waals surface area (Å²) in [7, 11) is 0. The molecule has 0 saturated carbocycles. The van der Waals surface area contributed by atoms with Crippen molar-refractivity contribution in [2.75, 3.05) is 13.2 Å². The molecule has 0 aliphatic carbocycles. The Morgan fingerprint density at radius 2 is 2.19 bits per heavy atom. The lowest BCUT2D eigenvalue weighted by atomic mass is 9.92. The van der Waals surface area contributed by atoms with E-state index in [1.165, 1.54) is 5.56 Å². The summed E-state index contributed by atoms with van der Waals surface area (Å²) in [5.41, 5.74) is 1.21. The number of carbonyl (C=O) groups excluding carboxylic acids is 1. The van der Waals surface area contributed by atoms with Crippen molar-refractivity contribution in [3.05, 3.63) is 35.9 Å². The van der Waals surface area contributed by atoms with Crippen LogP contribution >= 0.6 is 0 Å². The topological polar surface area (TPSA) is 38.3 Å². The van der Waals surface area contributed by atoms with E-state index in [0.29, 0.717) is 6.61 Å². The van der Waals surface area contributed by atoms with Gasteiger partial charge >= 0.3 is 5.97 Å². The Morgan fingerprint density at radius 3 is 2.88 bits per heavy atom. The van der Waals surface area contributed by atoms with Gasteiger partial charge in [0.15, 0.2) is 0 Å². The number of carbonyl (C=O) groups is 1. The normalized spacial score (nSPS) is 24.3. The smallest absolute Gasteiger partial charge is 0.323 e. The van der Waals surface area contributed by atoms with Crippen LogP contribution in [0.15, 0.2) is 30.3 Å². The van der Waals surface area contributed by atoms with Crippen LogP contribution in [0.4, 0.5) is 0 Å². The van der Waals surface area contributed by atoms with Gasteiger partial charge in [-0.25, -0.2) is 0 Å². The van der Waals surface area contributed by atoms with Crippen LogP contribution in [0.25, 0.3) is 0 Å². The first-order valence-corrected chi connectivity index (χ1v) is 5.78. The second-order valence-corrected chi connectivity index (χ2v) is 3.99. The molecule has 1 saturated heterocycles. The number of ether oxygens (including phenoxy) is 1. The average Bonchev–Trinajstić information content (AvgIpc) is 2.79. The Labute approximate surface area is 95.8 Å². The Hall–Kier alpha value is -1.35.